The molecule has 5 aliphatic rings. The third-order valence-corrected chi connectivity index (χ3v) is 8.40. The van der Waals surface area contributed by atoms with Crippen LogP contribution in [0.3, 0.4) is 0 Å². The van der Waals surface area contributed by atoms with E-state index in [9.17, 15) is 9.59 Å². The maximum Gasteiger partial charge on any atom is 0.415 e. The molecule has 8 heteroatoms. The predicted molar refractivity (Wildman–Crippen MR) is 118 cm³/mol. The van der Waals surface area contributed by atoms with Crippen molar-refractivity contribution in [2.24, 2.45) is 5.92 Å². The molecule has 7 rings (SSSR count). The Morgan fingerprint density at radius 3 is 2.65 bits per heavy atom. The van der Waals surface area contributed by atoms with E-state index >= 15 is 0 Å². The van der Waals surface area contributed by atoms with Crippen LogP contribution in [0.15, 0.2) is 30.5 Å². The van der Waals surface area contributed by atoms with E-state index in [4.69, 9.17) is 4.74 Å². The van der Waals surface area contributed by atoms with Crippen LogP contribution in [-0.4, -0.2) is 71.7 Å². The molecule has 7 nitrogen and oxygen atoms in total. The van der Waals surface area contributed by atoms with Crippen LogP contribution < -0.4 is 4.90 Å². The third kappa shape index (κ3) is 3.24. The van der Waals surface area contributed by atoms with E-state index in [1.807, 2.05) is 23.1 Å². The summed E-state index contributed by atoms with van der Waals surface area (Å²) in [6.07, 6.45) is 5.82. The number of fused-ring (bicyclic) bond motifs is 2. The molecule has 0 N–H and O–H groups in total. The summed E-state index contributed by atoms with van der Waals surface area (Å²) in [5.74, 6) is 0.533. The summed E-state index contributed by atoms with van der Waals surface area (Å²) < 4.78 is 6.00. The smallest absolute Gasteiger partial charge is 0.415 e. The number of rotatable bonds is 3. The molecule has 162 valence electrons. The van der Waals surface area contributed by atoms with Gasteiger partial charge in [0.1, 0.15) is 10.6 Å². The highest BCUT2D eigenvalue weighted by atomic mass is 32.1. The summed E-state index contributed by atoms with van der Waals surface area (Å²) in [6.45, 7) is 5.36. The number of likely N-dealkylation sites (tertiary alicyclic amines) is 1. The summed E-state index contributed by atoms with van der Waals surface area (Å²) in [7, 11) is 0. The van der Waals surface area contributed by atoms with Crippen LogP contribution in [0.1, 0.15) is 36.0 Å². The normalized spacial score (nSPS) is 29.7. The highest BCUT2D eigenvalue weighted by Gasteiger charge is 2.55. The van der Waals surface area contributed by atoms with Gasteiger partial charge < -0.3 is 9.64 Å². The fourth-order valence-electron chi connectivity index (χ4n) is 5.59. The van der Waals surface area contributed by atoms with Crippen LogP contribution in [0.25, 0.3) is 10.6 Å². The second kappa shape index (κ2) is 7.31. The van der Waals surface area contributed by atoms with Crippen LogP contribution in [0.2, 0.25) is 0 Å². The Balaban J connectivity index is 1.23. The van der Waals surface area contributed by atoms with Gasteiger partial charge in [-0.05, 0) is 63.0 Å². The molecule has 2 bridgehead atoms. The number of nitrogens with zero attached hydrogens (tertiary/aromatic N) is 4. The molecule has 0 radical (unpaired) electrons. The molecular formula is C23H26N4O3S. The number of aromatic nitrogens is 1. The number of pyridine rings is 1. The summed E-state index contributed by atoms with van der Waals surface area (Å²) in [5.41, 5.74) is 1.08. The Hall–Kier alpha value is -2.45. The predicted octanol–water partition coefficient (Wildman–Crippen LogP) is 3.47. The van der Waals surface area contributed by atoms with Gasteiger partial charge in [-0.2, -0.15) is 0 Å². The first-order chi connectivity index (χ1) is 15.1. The lowest BCUT2D eigenvalue weighted by Crippen LogP contribution is -2.61. The van der Waals surface area contributed by atoms with Gasteiger partial charge in [0.2, 0.25) is 0 Å². The van der Waals surface area contributed by atoms with Gasteiger partial charge in [0.15, 0.2) is 0 Å². The number of piperidine rings is 3. The lowest BCUT2D eigenvalue weighted by molar-refractivity contribution is -0.0881. The first kappa shape index (κ1) is 19.3. The zero-order chi connectivity index (χ0) is 21.0. The van der Waals surface area contributed by atoms with Gasteiger partial charge in [0.25, 0.3) is 5.91 Å². The van der Waals surface area contributed by atoms with Crippen molar-refractivity contribution in [3.63, 3.8) is 0 Å². The van der Waals surface area contributed by atoms with Crippen molar-refractivity contribution in [2.45, 2.75) is 31.3 Å². The maximum absolute atomic E-state index is 12.8. The molecular weight excluding hydrogens is 412 g/mol. The van der Waals surface area contributed by atoms with Crippen molar-refractivity contribution >= 4 is 28.3 Å². The standard InChI is InChI=1S/C23H26N4O3S/c28-21(26-9-1-2-10-26)16-5-8-24-18(13-16)19-3-4-20(31-19)27-15-23(30-22(27)29)14-25-11-6-17(23)7-12-25/h3-5,8,13,17H,1-2,6-7,9-12,14-15H2/t23-/m1/s1. The van der Waals surface area contributed by atoms with Gasteiger partial charge in [0.05, 0.1) is 17.1 Å². The molecule has 2 aromatic rings. The molecule has 2 amide bonds. The van der Waals surface area contributed by atoms with Gasteiger partial charge in [0, 0.05) is 37.3 Å². The van der Waals surface area contributed by atoms with Gasteiger partial charge in [-0.25, -0.2) is 4.79 Å². The number of carbonyl (C=O) groups is 2. The Labute approximate surface area is 185 Å². The van der Waals surface area contributed by atoms with Crippen LogP contribution in [-0.2, 0) is 4.74 Å². The molecule has 5 fully saturated rings. The molecule has 5 aliphatic heterocycles. The number of ether oxygens (including phenoxy) is 1. The fraction of sp³-hybridized carbons (Fsp3) is 0.522. The highest BCUT2D eigenvalue weighted by molar-refractivity contribution is 7.19. The summed E-state index contributed by atoms with van der Waals surface area (Å²) >= 11 is 1.53. The molecule has 5 saturated heterocycles. The lowest BCUT2D eigenvalue weighted by atomic mass is 9.75. The van der Waals surface area contributed by atoms with E-state index in [1.165, 1.54) is 11.3 Å². The quantitative estimate of drug-likeness (QED) is 0.734. The van der Waals surface area contributed by atoms with Gasteiger partial charge in [-0.15, -0.1) is 11.3 Å². The van der Waals surface area contributed by atoms with Crippen molar-refractivity contribution in [1.29, 1.82) is 0 Å². The monoisotopic (exact) mass is 438 g/mol. The van der Waals surface area contributed by atoms with Gasteiger partial charge >= 0.3 is 6.09 Å². The van der Waals surface area contributed by atoms with E-state index in [0.717, 1.165) is 74.0 Å². The number of hydrogen-bond donors (Lipinski definition) is 0. The topological polar surface area (TPSA) is 66.0 Å². The van der Waals surface area contributed by atoms with Crippen molar-refractivity contribution < 1.29 is 14.3 Å². The minimum Gasteiger partial charge on any atom is -0.439 e. The first-order valence-electron chi connectivity index (χ1n) is 11.2. The SMILES string of the molecule is O=C(c1ccnc(-c2ccc(N3C[C@@]4(CN5CCC4CC5)OC3=O)s2)c1)N1CCCC1. The second-order valence-electron chi connectivity index (χ2n) is 9.14. The second-order valence-corrected chi connectivity index (χ2v) is 10.2. The van der Waals surface area contributed by atoms with Crippen molar-refractivity contribution in [1.82, 2.24) is 14.8 Å². The zero-order valence-corrected chi connectivity index (χ0v) is 18.3. The van der Waals surface area contributed by atoms with Gasteiger partial charge in [-0.1, -0.05) is 0 Å². The lowest BCUT2D eigenvalue weighted by Gasteiger charge is -2.49. The molecule has 31 heavy (non-hydrogen) atoms. The summed E-state index contributed by atoms with van der Waals surface area (Å²) in [4.78, 5) is 37.1. The minimum absolute atomic E-state index is 0.0744. The maximum atomic E-state index is 12.8. The van der Waals surface area contributed by atoms with Gasteiger partial charge in [-0.3, -0.25) is 19.6 Å². The zero-order valence-electron chi connectivity index (χ0n) is 17.5. The molecule has 0 saturated carbocycles. The summed E-state index contributed by atoms with van der Waals surface area (Å²) in [5, 5.41) is 0.881. The first-order valence-corrected chi connectivity index (χ1v) is 12.0. The van der Waals surface area contributed by atoms with E-state index in [-0.39, 0.29) is 17.6 Å². The molecule has 0 aliphatic carbocycles. The fourth-order valence-corrected chi connectivity index (χ4v) is 6.56. The van der Waals surface area contributed by atoms with E-state index in [2.05, 4.69) is 9.88 Å². The van der Waals surface area contributed by atoms with Crippen LogP contribution in [0.5, 0.6) is 0 Å². The van der Waals surface area contributed by atoms with Crippen LogP contribution in [0, 0.1) is 5.92 Å². The van der Waals surface area contributed by atoms with Crippen molar-refractivity contribution in [3.8, 4) is 10.6 Å². The molecule has 7 heterocycles. The number of amides is 2. The molecule has 2 aromatic heterocycles. The average molecular weight is 439 g/mol. The minimum atomic E-state index is -0.363. The Morgan fingerprint density at radius 1 is 1.10 bits per heavy atom. The van der Waals surface area contributed by atoms with Crippen molar-refractivity contribution in [2.75, 3.05) is 44.2 Å². The van der Waals surface area contributed by atoms with E-state index in [1.54, 1.807) is 17.2 Å². The van der Waals surface area contributed by atoms with E-state index < -0.39 is 0 Å². The Kier molecular flexibility index (Phi) is 4.54. The number of anilines is 1. The molecule has 0 unspecified atom stereocenters. The van der Waals surface area contributed by atoms with Crippen LogP contribution >= 0.6 is 11.3 Å². The summed E-state index contributed by atoms with van der Waals surface area (Å²) in [6, 6.07) is 7.61. The molecule has 0 aromatic carbocycles. The van der Waals surface area contributed by atoms with Crippen LogP contribution in [0.4, 0.5) is 9.80 Å². The number of carbonyl (C=O) groups excluding carboxylic acids is 2. The number of hydrogen-bond acceptors (Lipinski definition) is 6. The Bertz CT molecular complexity index is 1030. The molecule has 1 atom stereocenters. The number of thiophene rings is 1. The Morgan fingerprint density at radius 2 is 1.90 bits per heavy atom. The molecule has 1 spiro atoms. The largest absolute Gasteiger partial charge is 0.439 e. The van der Waals surface area contributed by atoms with E-state index in [0.29, 0.717) is 18.0 Å². The average Bonchev–Trinajstić information content (AvgIpc) is 3.55. The third-order valence-electron chi connectivity index (χ3n) is 7.27. The van der Waals surface area contributed by atoms with Crippen molar-refractivity contribution in [3.05, 3.63) is 36.0 Å². The highest BCUT2D eigenvalue weighted by Crippen LogP contribution is 2.45.